The van der Waals surface area contributed by atoms with E-state index in [1.54, 1.807) is 11.3 Å². The first-order chi connectivity index (χ1) is 13.8. The SMILES string of the molecule is O=C(NCc1ccc2c(c1)CNC2)C1CC=CCC1c1nc2ccccc2s1. The van der Waals surface area contributed by atoms with Gasteiger partial charge < -0.3 is 10.6 Å². The van der Waals surface area contributed by atoms with E-state index in [4.69, 9.17) is 4.98 Å². The van der Waals surface area contributed by atoms with Crippen molar-refractivity contribution in [2.45, 2.75) is 38.4 Å². The zero-order valence-electron chi connectivity index (χ0n) is 15.7. The summed E-state index contributed by atoms with van der Waals surface area (Å²) < 4.78 is 1.19. The van der Waals surface area contributed by atoms with Gasteiger partial charge >= 0.3 is 0 Å². The molecule has 0 bridgehead atoms. The molecule has 28 heavy (non-hydrogen) atoms. The molecule has 3 aromatic rings. The molecular weight excluding hydrogens is 366 g/mol. The van der Waals surface area contributed by atoms with Crippen molar-refractivity contribution >= 4 is 27.5 Å². The molecule has 1 aromatic heterocycles. The topological polar surface area (TPSA) is 54.0 Å². The number of para-hydroxylation sites is 1. The quantitative estimate of drug-likeness (QED) is 0.656. The van der Waals surface area contributed by atoms with E-state index in [-0.39, 0.29) is 17.7 Å². The highest BCUT2D eigenvalue weighted by molar-refractivity contribution is 7.18. The third kappa shape index (κ3) is 3.36. The lowest BCUT2D eigenvalue weighted by Gasteiger charge is -2.26. The summed E-state index contributed by atoms with van der Waals surface area (Å²) in [4.78, 5) is 17.8. The van der Waals surface area contributed by atoms with E-state index < -0.39 is 0 Å². The van der Waals surface area contributed by atoms with Crippen LogP contribution in [0, 0.1) is 5.92 Å². The lowest BCUT2D eigenvalue weighted by Crippen LogP contribution is -2.34. The van der Waals surface area contributed by atoms with Crippen LogP contribution in [-0.2, 0) is 24.4 Å². The summed E-state index contributed by atoms with van der Waals surface area (Å²) >= 11 is 1.72. The van der Waals surface area contributed by atoms with Gasteiger partial charge in [0.1, 0.15) is 0 Å². The van der Waals surface area contributed by atoms with Crippen molar-refractivity contribution in [1.29, 1.82) is 0 Å². The Morgan fingerprint density at radius 3 is 2.89 bits per heavy atom. The zero-order chi connectivity index (χ0) is 18.9. The van der Waals surface area contributed by atoms with Gasteiger partial charge in [-0.15, -0.1) is 11.3 Å². The fourth-order valence-electron chi connectivity index (χ4n) is 4.20. The van der Waals surface area contributed by atoms with Crippen LogP contribution in [0.5, 0.6) is 0 Å². The predicted octanol–water partition coefficient (Wildman–Crippen LogP) is 4.27. The number of nitrogens with one attached hydrogen (secondary N) is 2. The summed E-state index contributed by atoms with van der Waals surface area (Å²) in [5, 5.41) is 7.62. The lowest BCUT2D eigenvalue weighted by molar-refractivity contribution is -0.125. The average Bonchev–Trinajstić information content (AvgIpc) is 3.38. The Morgan fingerprint density at radius 2 is 1.96 bits per heavy atom. The van der Waals surface area contributed by atoms with E-state index in [1.165, 1.54) is 21.4 Å². The van der Waals surface area contributed by atoms with Crippen molar-refractivity contribution in [2.24, 2.45) is 5.92 Å². The zero-order valence-corrected chi connectivity index (χ0v) is 16.5. The van der Waals surface area contributed by atoms with Crippen LogP contribution < -0.4 is 10.6 Å². The Kier molecular flexibility index (Phi) is 4.71. The largest absolute Gasteiger partial charge is 0.352 e. The Morgan fingerprint density at radius 1 is 1.11 bits per heavy atom. The van der Waals surface area contributed by atoms with Gasteiger partial charge in [0.05, 0.1) is 21.1 Å². The second-order valence-electron chi connectivity index (χ2n) is 7.60. The predicted molar refractivity (Wildman–Crippen MR) is 113 cm³/mol. The van der Waals surface area contributed by atoms with Gasteiger partial charge in [0, 0.05) is 25.6 Å². The number of benzene rings is 2. The first-order valence-corrected chi connectivity index (χ1v) is 10.7. The molecule has 4 nitrogen and oxygen atoms in total. The minimum Gasteiger partial charge on any atom is -0.352 e. The average molecular weight is 390 g/mol. The van der Waals surface area contributed by atoms with Crippen LogP contribution in [0.1, 0.15) is 40.5 Å². The van der Waals surface area contributed by atoms with Gasteiger partial charge in [-0.2, -0.15) is 0 Å². The molecule has 142 valence electrons. The first-order valence-electron chi connectivity index (χ1n) is 9.87. The monoisotopic (exact) mass is 389 g/mol. The minimum atomic E-state index is -0.0540. The van der Waals surface area contributed by atoms with E-state index in [2.05, 4.69) is 47.1 Å². The van der Waals surface area contributed by atoms with E-state index >= 15 is 0 Å². The van der Waals surface area contributed by atoms with Gasteiger partial charge in [0.15, 0.2) is 0 Å². The molecule has 2 heterocycles. The Bertz CT molecular complexity index is 1020. The summed E-state index contributed by atoms with van der Waals surface area (Å²) in [7, 11) is 0. The van der Waals surface area contributed by atoms with E-state index in [0.29, 0.717) is 6.54 Å². The molecule has 5 rings (SSSR count). The van der Waals surface area contributed by atoms with Gasteiger partial charge in [-0.05, 0) is 41.7 Å². The maximum Gasteiger partial charge on any atom is 0.224 e. The summed E-state index contributed by atoms with van der Waals surface area (Å²) in [6.45, 7) is 2.45. The van der Waals surface area contributed by atoms with Gasteiger partial charge in [-0.3, -0.25) is 4.79 Å². The van der Waals surface area contributed by atoms with Crippen molar-refractivity contribution in [1.82, 2.24) is 15.6 Å². The summed E-state index contributed by atoms with van der Waals surface area (Å²) in [5.41, 5.74) is 4.91. The smallest absolute Gasteiger partial charge is 0.224 e. The number of fused-ring (bicyclic) bond motifs is 2. The second kappa shape index (κ2) is 7.49. The van der Waals surface area contributed by atoms with Crippen LogP contribution in [-0.4, -0.2) is 10.9 Å². The lowest BCUT2D eigenvalue weighted by atomic mass is 9.82. The number of hydrogen-bond acceptors (Lipinski definition) is 4. The van der Waals surface area contributed by atoms with Crippen LogP contribution in [0.4, 0.5) is 0 Å². The molecule has 0 fully saturated rings. The van der Waals surface area contributed by atoms with E-state index in [0.717, 1.165) is 36.5 Å². The number of allylic oxidation sites excluding steroid dienone is 2. The maximum atomic E-state index is 13.0. The summed E-state index contributed by atoms with van der Waals surface area (Å²) in [6, 6.07) is 14.7. The fraction of sp³-hybridized carbons (Fsp3) is 0.304. The molecule has 2 N–H and O–H groups in total. The number of carbonyl (C=O) groups is 1. The molecule has 0 saturated carbocycles. The fourth-order valence-corrected chi connectivity index (χ4v) is 5.35. The number of thiazole rings is 1. The number of amides is 1. The number of rotatable bonds is 4. The Hall–Kier alpha value is -2.50. The molecule has 5 heteroatoms. The van der Waals surface area contributed by atoms with Gasteiger partial charge in [0.25, 0.3) is 0 Å². The summed E-state index contributed by atoms with van der Waals surface area (Å²) in [6.07, 6.45) is 5.98. The van der Waals surface area contributed by atoms with Gasteiger partial charge in [-0.25, -0.2) is 4.98 Å². The number of nitrogens with zero attached hydrogens (tertiary/aromatic N) is 1. The molecule has 0 spiro atoms. The molecule has 1 aliphatic carbocycles. The highest BCUT2D eigenvalue weighted by Crippen LogP contribution is 2.38. The first kappa shape index (κ1) is 17.6. The molecule has 2 unspecified atom stereocenters. The molecule has 2 aliphatic rings. The Labute approximate surface area is 168 Å². The normalized spacial score (nSPS) is 21.0. The van der Waals surface area contributed by atoms with Gasteiger partial charge in [0.2, 0.25) is 5.91 Å². The number of hydrogen-bond donors (Lipinski definition) is 2. The van der Waals surface area contributed by atoms with E-state index in [1.807, 2.05) is 18.2 Å². The van der Waals surface area contributed by atoms with Crippen LogP contribution in [0.2, 0.25) is 0 Å². The molecule has 0 saturated heterocycles. The van der Waals surface area contributed by atoms with Gasteiger partial charge in [-0.1, -0.05) is 42.5 Å². The second-order valence-corrected chi connectivity index (χ2v) is 8.66. The van der Waals surface area contributed by atoms with Crippen molar-refractivity contribution in [3.8, 4) is 0 Å². The van der Waals surface area contributed by atoms with Crippen LogP contribution in [0.3, 0.4) is 0 Å². The molecule has 1 amide bonds. The van der Waals surface area contributed by atoms with Crippen molar-refractivity contribution in [2.75, 3.05) is 0 Å². The number of aromatic nitrogens is 1. The molecule has 1 aliphatic heterocycles. The van der Waals surface area contributed by atoms with Crippen molar-refractivity contribution in [3.05, 3.63) is 76.3 Å². The highest BCUT2D eigenvalue weighted by atomic mass is 32.1. The molecule has 0 radical (unpaired) electrons. The standard InChI is InChI=1S/C23H23N3OS/c27-22(25-12-15-9-10-16-13-24-14-17(16)11-15)18-5-1-2-6-19(18)23-26-20-7-3-4-8-21(20)28-23/h1-4,7-11,18-19,24H,5-6,12-14H2,(H,25,27). The third-order valence-electron chi connectivity index (χ3n) is 5.77. The third-order valence-corrected chi connectivity index (χ3v) is 6.93. The molecule has 2 atom stereocenters. The minimum absolute atomic E-state index is 0.0540. The van der Waals surface area contributed by atoms with E-state index in [9.17, 15) is 4.79 Å². The molecule has 2 aromatic carbocycles. The highest BCUT2D eigenvalue weighted by Gasteiger charge is 2.32. The van der Waals surface area contributed by atoms with Crippen molar-refractivity contribution < 1.29 is 4.79 Å². The van der Waals surface area contributed by atoms with Crippen LogP contribution in [0.15, 0.2) is 54.6 Å². The summed E-state index contributed by atoms with van der Waals surface area (Å²) in [5.74, 6) is 0.237. The Balaban J connectivity index is 1.31. The number of carbonyl (C=O) groups excluding carboxylic acids is 1. The van der Waals surface area contributed by atoms with Crippen LogP contribution in [0.25, 0.3) is 10.2 Å². The van der Waals surface area contributed by atoms with Crippen molar-refractivity contribution in [3.63, 3.8) is 0 Å². The molecular formula is C23H23N3OS. The van der Waals surface area contributed by atoms with Crippen LogP contribution >= 0.6 is 11.3 Å². The maximum absolute atomic E-state index is 13.0.